The zero-order chi connectivity index (χ0) is 10.3. The van der Waals surface area contributed by atoms with E-state index < -0.39 is 0 Å². The molecule has 2 aliphatic rings. The first-order valence-electron chi connectivity index (χ1n) is 6.04. The van der Waals surface area contributed by atoms with Crippen molar-refractivity contribution in [1.29, 1.82) is 0 Å². The van der Waals surface area contributed by atoms with Crippen LogP contribution in [0.3, 0.4) is 0 Å². The van der Waals surface area contributed by atoms with Crippen LogP contribution in [0.4, 0.5) is 0 Å². The van der Waals surface area contributed by atoms with Gasteiger partial charge in [0.1, 0.15) is 0 Å². The molecule has 1 aromatic carbocycles. The summed E-state index contributed by atoms with van der Waals surface area (Å²) < 4.78 is 0. The molecular weight excluding hydrogens is 200 g/mol. The van der Waals surface area contributed by atoms with Crippen molar-refractivity contribution in [2.45, 2.75) is 42.8 Å². The maximum absolute atomic E-state index is 2.28. The van der Waals surface area contributed by atoms with E-state index in [9.17, 15) is 0 Å². The molecule has 1 heteroatoms. The highest BCUT2D eigenvalue weighted by Crippen LogP contribution is 2.50. The molecule has 3 rings (SSSR count). The fourth-order valence-electron chi connectivity index (χ4n) is 3.12. The number of benzene rings is 1. The molecule has 3 atom stereocenters. The fourth-order valence-corrected chi connectivity index (χ4v) is 4.57. The largest absolute Gasteiger partial charge is 0.122 e. The van der Waals surface area contributed by atoms with Crippen molar-refractivity contribution in [3.63, 3.8) is 0 Å². The molecule has 15 heavy (non-hydrogen) atoms. The maximum Gasteiger partial charge on any atom is 0.0125 e. The van der Waals surface area contributed by atoms with Gasteiger partial charge in [0.2, 0.25) is 0 Å². The molecule has 0 N–H and O–H groups in total. The van der Waals surface area contributed by atoms with E-state index in [1.54, 1.807) is 0 Å². The maximum atomic E-state index is 2.28. The van der Waals surface area contributed by atoms with E-state index in [-0.39, 0.29) is 0 Å². The van der Waals surface area contributed by atoms with Gasteiger partial charge in [0.25, 0.3) is 0 Å². The Hall–Kier alpha value is -0.430. The third-order valence-electron chi connectivity index (χ3n) is 3.98. The van der Waals surface area contributed by atoms with Gasteiger partial charge < -0.3 is 0 Å². The lowest BCUT2D eigenvalue weighted by molar-refractivity contribution is 0.492. The molecule has 0 aliphatic heterocycles. The lowest BCUT2D eigenvalue weighted by Crippen LogP contribution is -2.11. The van der Waals surface area contributed by atoms with Gasteiger partial charge in [0.05, 0.1) is 0 Å². The molecular formula is C14H18S. The molecule has 1 aromatic rings. The third kappa shape index (κ3) is 1.94. The van der Waals surface area contributed by atoms with Crippen LogP contribution in [-0.4, -0.2) is 5.25 Å². The summed E-state index contributed by atoms with van der Waals surface area (Å²) in [6.45, 7) is 2.16. The number of hydrogen-bond acceptors (Lipinski definition) is 1. The van der Waals surface area contributed by atoms with Crippen molar-refractivity contribution in [2.75, 3.05) is 0 Å². The first-order valence-corrected chi connectivity index (χ1v) is 6.92. The third-order valence-corrected chi connectivity index (χ3v) is 5.41. The molecule has 2 fully saturated rings. The molecule has 0 unspecified atom stereocenters. The van der Waals surface area contributed by atoms with Gasteiger partial charge in [-0.3, -0.25) is 0 Å². The van der Waals surface area contributed by atoms with Crippen LogP contribution in [0.5, 0.6) is 0 Å². The normalized spacial score (nSPS) is 33.5. The van der Waals surface area contributed by atoms with Gasteiger partial charge in [0.15, 0.2) is 0 Å². The predicted octanol–water partition coefficient (Wildman–Crippen LogP) is 4.28. The molecule has 0 heterocycles. The van der Waals surface area contributed by atoms with Crippen LogP contribution in [0.25, 0.3) is 0 Å². The minimum Gasteiger partial charge on any atom is -0.122 e. The molecule has 2 aliphatic carbocycles. The Labute approximate surface area is 96.5 Å². The minimum absolute atomic E-state index is 0.923. The second-order valence-electron chi connectivity index (χ2n) is 5.14. The van der Waals surface area contributed by atoms with Crippen LogP contribution in [0.1, 0.15) is 31.2 Å². The Kier molecular flexibility index (Phi) is 2.51. The predicted molar refractivity (Wildman–Crippen MR) is 66.3 cm³/mol. The van der Waals surface area contributed by atoms with Crippen LogP contribution in [0.2, 0.25) is 0 Å². The Bertz CT molecular complexity index is 341. The molecule has 0 radical (unpaired) electrons. The van der Waals surface area contributed by atoms with Gasteiger partial charge in [-0.25, -0.2) is 0 Å². The summed E-state index contributed by atoms with van der Waals surface area (Å²) in [5.41, 5.74) is 1.37. The van der Waals surface area contributed by atoms with E-state index in [2.05, 4.69) is 43.0 Å². The first-order chi connectivity index (χ1) is 7.31. The van der Waals surface area contributed by atoms with Gasteiger partial charge in [-0.05, 0) is 50.2 Å². The van der Waals surface area contributed by atoms with Crippen molar-refractivity contribution in [3.05, 3.63) is 29.8 Å². The van der Waals surface area contributed by atoms with E-state index in [0.29, 0.717) is 0 Å². The number of fused-ring (bicyclic) bond motifs is 2. The SMILES string of the molecule is Cc1ccc(S[C@@H]2C[C@@H]3CC[C@@H]2C3)cc1. The van der Waals surface area contributed by atoms with Gasteiger partial charge in [-0.15, -0.1) is 11.8 Å². The molecule has 2 saturated carbocycles. The quantitative estimate of drug-likeness (QED) is 0.714. The smallest absolute Gasteiger partial charge is 0.0125 e. The molecule has 0 nitrogen and oxygen atoms in total. The van der Waals surface area contributed by atoms with Crippen molar-refractivity contribution in [1.82, 2.24) is 0 Å². The summed E-state index contributed by atoms with van der Waals surface area (Å²) in [6.07, 6.45) is 6.00. The van der Waals surface area contributed by atoms with Crippen LogP contribution in [0.15, 0.2) is 29.2 Å². The molecule has 2 bridgehead atoms. The Morgan fingerprint density at radius 1 is 1.07 bits per heavy atom. The first kappa shape index (κ1) is 9.77. The minimum atomic E-state index is 0.923. The average Bonchev–Trinajstić information content (AvgIpc) is 2.83. The molecule has 0 saturated heterocycles. The van der Waals surface area contributed by atoms with E-state index in [1.807, 2.05) is 0 Å². The Morgan fingerprint density at radius 2 is 1.87 bits per heavy atom. The lowest BCUT2D eigenvalue weighted by Gasteiger charge is -2.20. The molecule has 0 aromatic heterocycles. The van der Waals surface area contributed by atoms with Crippen LogP contribution < -0.4 is 0 Å². The highest BCUT2D eigenvalue weighted by atomic mass is 32.2. The summed E-state index contributed by atoms with van der Waals surface area (Å²) in [4.78, 5) is 1.47. The van der Waals surface area contributed by atoms with Crippen molar-refractivity contribution in [3.8, 4) is 0 Å². The summed E-state index contributed by atoms with van der Waals surface area (Å²) in [6, 6.07) is 9.03. The van der Waals surface area contributed by atoms with Crippen molar-refractivity contribution < 1.29 is 0 Å². The van der Waals surface area contributed by atoms with Gasteiger partial charge in [-0.1, -0.05) is 24.1 Å². The van der Waals surface area contributed by atoms with E-state index in [1.165, 1.54) is 36.1 Å². The summed E-state index contributed by atoms with van der Waals surface area (Å²) in [5, 5.41) is 0.923. The number of aryl methyl sites for hydroxylation is 1. The second kappa shape index (κ2) is 3.86. The summed E-state index contributed by atoms with van der Waals surface area (Å²) in [5.74, 6) is 2.10. The van der Waals surface area contributed by atoms with Gasteiger partial charge >= 0.3 is 0 Å². The van der Waals surface area contributed by atoms with Gasteiger partial charge in [0, 0.05) is 10.1 Å². The number of thioether (sulfide) groups is 1. The summed E-state index contributed by atoms with van der Waals surface area (Å²) in [7, 11) is 0. The Morgan fingerprint density at radius 3 is 2.47 bits per heavy atom. The van der Waals surface area contributed by atoms with Crippen LogP contribution >= 0.6 is 11.8 Å². The average molecular weight is 218 g/mol. The standard InChI is InChI=1S/C14H18S/c1-10-2-6-13(7-3-10)15-14-9-11-4-5-12(14)8-11/h2-3,6-7,11-12,14H,4-5,8-9H2,1H3/t11-,12-,14-/m1/s1. The monoisotopic (exact) mass is 218 g/mol. The van der Waals surface area contributed by atoms with Crippen molar-refractivity contribution in [2.24, 2.45) is 11.8 Å². The van der Waals surface area contributed by atoms with Crippen molar-refractivity contribution >= 4 is 11.8 Å². The molecule has 0 spiro atoms. The lowest BCUT2D eigenvalue weighted by atomic mass is 10.0. The number of rotatable bonds is 2. The van der Waals surface area contributed by atoms with Gasteiger partial charge in [-0.2, -0.15) is 0 Å². The summed E-state index contributed by atoms with van der Waals surface area (Å²) >= 11 is 2.12. The molecule has 80 valence electrons. The Balaban J connectivity index is 1.68. The topological polar surface area (TPSA) is 0 Å². The van der Waals surface area contributed by atoms with Crippen LogP contribution in [-0.2, 0) is 0 Å². The van der Waals surface area contributed by atoms with Crippen LogP contribution in [0, 0.1) is 18.8 Å². The number of hydrogen-bond donors (Lipinski definition) is 0. The van der Waals surface area contributed by atoms with E-state index in [4.69, 9.17) is 0 Å². The van der Waals surface area contributed by atoms with E-state index in [0.717, 1.165) is 17.1 Å². The van der Waals surface area contributed by atoms with E-state index >= 15 is 0 Å². The highest BCUT2D eigenvalue weighted by molar-refractivity contribution is 8.00. The zero-order valence-corrected chi connectivity index (χ0v) is 10.1. The molecule has 0 amide bonds. The zero-order valence-electron chi connectivity index (χ0n) is 9.28. The highest BCUT2D eigenvalue weighted by Gasteiger charge is 2.39. The fraction of sp³-hybridized carbons (Fsp3) is 0.571. The second-order valence-corrected chi connectivity index (χ2v) is 6.46.